The monoisotopic (exact) mass is 402 g/mol. The summed E-state index contributed by atoms with van der Waals surface area (Å²) < 4.78 is 0. The maximum Gasteiger partial charge on any atom is 0.251 e. The van der Waals surface area contributed by atoms with Crippen molar-refractivity contribution < 1.29 is 4.79 Å². The number of likely N-dealkylation sites (N-methyl/N-ethyl adjacent to an activating group) is 1. The van der Waals surface area contributed by atoms with Crippen LogP contribution in [-0.4, -0.2) is 67.6 Å². The van der Waals surface area contributed by atoms with Crippen molar-refractivity contribution in [1.82, 2.24) is 20.4 Å². The number of carbonyl (C=O) groups excluding carboxylic acids is 1. The van der Waals surface area contributed by atoms with E-state index in [0.717, 1.165) is 57.7 Å². The Morgan fingerprint density at radius 3 is 2.42 bits per heavy atom. The fraction of sp³-hybridized carbons (Fsp3) is 0.632. The van der Waals surface area contributed by atoms with E-state index >= 15 is 0 Å². The molecule has 0 saturated carbocycles. The van der Waals surface area contributed by atoms with Crippen LogP contribution in [0.5, 0.6) is 0 Å². The maximum absolute atomic E-state index is 12.4. The van der Waals surface area contributed by atoms with Crippen LogP contribution < -0.4 is 10.6 Å². The third kappa shape index (κ3) is 6.71. The van der Waals surface area contributed by atoms with Gasteiger partial charge in [-0.25, -0.2) is 0 Å². The van der Waals surface area contributed by atoms with Crippen LogP contribution in [0, 0.1) is 0 Å². The second kappa shape index (κ2) is 11.1. The van der Waals surface area contributed by atoms with Gasteiger partial charge in [0.2, 0.25) is 0 Å². The van der Waals surface area contributed by atoms with Crippen LogP contribution in [0.1, 0.15) is 35.7 Å². The standard InChI is InChI=1S/C19H30N4O.2ClH/c1-15-13-18(7-8-20-15)21-19(24)17-5-3-16(4-6-17)14-23-11-9-22(2)10-12-23;;/h3-6,15,18,20H,7-14H2,1-2H3,(H,21,24);2*1H. The van der Waals surface area contributed by atoms with Crippen LogP contribution in [0.25, 0.3) is 0 Å². The number of nitrogens with one attached hydrogen (secondary N) is 2. The van der Waals surface area contributed by atoms with E-state index < -0.39 is 0 Å². The molecule has 1 aromatic rings. The number of amides is 1. The zero-order valence-electron chi connectivity index (χ0n) is 15.7. The summed E-state index contributed by atoms with van der Waals surface area (Å²) in [5.41, 5.74) is 2.05. The molecule has 7 heteroatoms. The number of halogens is 2. The molecule has 2 fully saturated rings. The van der Waals surface area contributed by atoms with Gasteiger partial charge in [0, 0.05) is 50.4 Å². The Morgan fingerprint density at radius 1 is 1.15 bits per heavy atom. The van der Waals surface area contributed by atoms with Crippen molar-refractivity contribution in [3.05, 3.63) is 35.4 Å². The molecular weight excluding hydrogens is 371 g/mol. The molecule has 0 bridgehead atoms. The summed E-state index contributed by atoms with van der Waals surface area (Å²) in [5.74, 6) is 0.0558. The highest BCUT2D eigenvalue weighted by Crippen LogP contribution is 2.12. The van der Waals surface area contributed by atoms with Crippen molar-refractivity contribution in [2.24, 2.45) is 0 Å². The summed E-state index contributed by atoms with van der Waals surface area (Å²) in [6, 6.07) is 8.89. The second-order valence-corrected chi connectivity index (χ2v) is 7.33. The number of piperidine rings is 1. The molecule has 2 unspecified atom stereocenters. The molecule has 2 N–H and O–H groups in total. The fourth-order valence-electron chi connectivity index (χ4n) is 3.56. The van der Waals surface area contributed by atoms with Gasteiger partial charge in [-0.1, -0.05) is 12.1 Å². The lowest BCUT2D eigenvalue weighted by Gasteiger charge is -2.32. The summed E-state index contributed by atoms with van der Waals surface area (Å²) in [7, 11) is 2.17. The summed E-state index contributed by atoms with van der Waals surface area (Å²) in [6.45, 7) is 8.63. The number of nitrogens with zero attached hydrogens (tertiary/aromatic N) is 2. The minimum atomic E-state index is 0. The predicted octanol–water partition coefficient (Wildman–Crippen LogP) is 2.15. The molecule has 3 rings (SSSR count). The van der Waals surface area contributed by atoms with Gasteiger partial charge >= 0.3 is 0 Å². The Bertz CT molecular complexity index is 547. The van der Waals surface area contributed by atoms with Crippen LogP contribution in [0.3, 0.4) is 0 Å². The van der Waals surface area contributed by atoms with Gasteiger partial charge in [-0.3, -0.25) is 9.69 Å². The Labute approximate surface area is 169 Å². The smallest absolute Gasteiger partial charge is 0.251 e. The van der Waals surface area contributed by atoms with Crippen LogP contribution in [-0.2, 0) is 6.54 Å². The summed E-state index contributed by atoms with van der Waals surface area (Å²) in [6.07, 6.45) is 2.02. The first kappa shape index (κ1) is 23.2. The molecule has 0 radical (unpaired) electrons. The van der Waals surface area contributed by atoms with Crippen LogP contribution in [0.15, 0.2) is 24.3 Å². The van der Waals surface area contributed by atoms with E-state index in [4.69, 9.17) is 0 Å². The molecular formula is C19H32Cl2N4O. The lowest BCUT2D eigenvalue weighted by atomic mass is 10.00. The predicted molar refractivity (Wildman–Crippen MR) is 112 cm³/mol. The minimum Gasteiger partial charge on any atom is -0.349 e. The molecule has 1 aromatic carbocycles. The zero-order valence-corrected chi connectivity index (χ0v) is 17.4. The van der Waals surface area contributed by atoms with Crippen LogP contribution in [0.2, 0.25) is 0 Å². The van der Waals surface area contributed by atoms with E-state index in [2.05, 4.69) is 46.5 Å². The van der Waals surface area contributed by atoms with E-state index in [9.17, 15) is 4.79 Å². The summed E-state index contributed by atoms with van der Waals surface area (Å²) in [4.78, 5) is 17.3. The lowest BCUT2D eigenvalue weighted by molar-refractivity contribution is 0.0925. The highest BCUT2D eigenvalue weighted by molar-refractivity contribution is 5.94. The molecule has 26 heavy (non-hydrogen) atoms. The number of benzene rings is 1. The normalized spacial score (nSPS) is 24.2. The van der Waals surface area contributed by atoms with Gasteiger partial charge in [0.1, 0.15) is 0 Å². The number of rotatable bonds is 4. The summed E-state index contributed by atoms with van der Waals surface area (Å²) >= 11 is 0. The average Bonchev–Trinajstić information content (AvgIpc) is 2.57. The van der Waals surface area contributed by atoms with Crippen molar-refractivity contribution in [3.63, 3.8) is 0 Å². The van der Waals surface area contributed by atoms with Gasteiger partial charge < -0.3 is 15.5 Å². The maximum atomic E-state index is 12.4. The molecule has 2 heterocycles. The third-order valence-corrected chi connectivity index (χ3v) is 5.18. The molecule has 148 valence electrons. The Kier molecular flexibility index (Phi) is 9.90. The van der Waals surface area contributed by atoms with E-state index in [-0.39, 0.29) is 30.7 Å². The van der Waals surface area contributed by atoms with Gasteiger partial charge in [-0.2, -0.15) is 0 Å². The molecule has 2 saturated heterocycles. The van der Waals surface area contributed by atoms with Crippen LogP contribution in [0.4, 0.5) is 0 Å². The lowest BCUT2D eigenvalue weighted by Crippen LogP contribution is -2.46. The molecule has 2 atom stereocenters. The third-order valence-electron chi connectivity index (χ3n) is 5.18. The summed E-state index contributed by atoms with van der Waals surface area (Å²) in [5, 5.41) is 6.59. The van der Waals surface area contributed by atoms with E-state index in [1.54, 1.807) is 0 Å². The molecule has 0 spiro atoms. The zero-order chi connectivity index (χ0) is 16.9. The second-order valence-electron chi connectivity index (χ2n) is 7.33. The molecule has 0 aliphatic carbocycles. The molecule has 5 nitrogen and oxygen atoms in total. The van der Waals surface area contributed by atoms with Crippen molar-refractivity contribution in [2.45, 2.75) is 38.4 Å². The van der Waals surface area contributed by atoms with Crippen molar-refractivity contribution in [1.29, 1.82) is 0 Å². The fourth-order valence-corrected chi connectivity index (χ4v) is 3.56. The first-order valence-electron chi connectivity index (χ1n) is 9.14. The number of carbonyl (C=O) groups is 1. The number of hydrogen-bond donors (Lipinski definition) is 2. The first-order valence-corrected chi connectivity index (χ1v) is 9.14. The Balaban J connectivity index is 0.00000169. The van der Waals surface area contributed by atoms with E-state index in [1.165, 1.54) is 5.56 Å². The largest absolute Gasteiger partial charge is 0.349 e. The molecule has 2 aliphatic rings. The quantitative estimate of drug-likeness (QED) is 0.809. The molecule has 0 aromatic heterocycles. The van der Waals surface area contributed by atoms with E-state index in [1.807, 2.05) is 12.1 Å². The SMILES string of the molecule is CC1CC(NC(=O)c2ccc(CN3CCN(C)CC3)cc2)CCN1.Cl.Cl. The van der Waals surface area contributed by atoms with Gasteiger partial charge in [0.05, 0.1) is 0 Å². The highest BCUT2D eigenvalue weighted by Gasteiger charge is 2.20. The topological polar surface area (TPSA) is 47.6 Å². The Morgan fingerprint density at radius 2 is 1.81 bits per heavy atom. The molecule has 2 aliphatic heterocycles. The first-order chi connectivity index (χ1) is 11.6. The van der Waals surface area contributed by atoms with Gasteiger partial charge in [-0.15, -0.1) is 24.8 Å². The van der Waals surface area contributed by atoms with Gasteiger partial charge in [-0.05, 0) is 51.1 Å². The number of piperazine rings is 1. The highest BCUT2D eigenvalue weighted by atomic mass is 35.5. The van der Waals surface area contributed by atoms with Gasteiger partial charge in [0.15, 0.2) is 0 Å². The van der Waals surface area contributed by atoms with Gasteiger partial charge in [0.25, 0.3) is 5.91 Å². The number of hydrogen-bond acceptors (Lipinski definition) is 4. The molecule has 1 amide bonds. The van der Waals surface area contributed by atoms with Crippen molar-refractivity contribution in [2.75, 3.05) is 39.8 Å². The Hall–Kier alpha value is -0.850. The van der Waals surface area contributed by atoms with Crippen LogP contribution >= 0.6 is 24.8 Å². The van der Waals surface area contributed by atoms with E-state index in [0.29, 0.717) is 12.1 Å². The average molecular weight is 403 g/mol. The minimum absolute atomic E-state index is 0. The van der Waals surface area contributed by atoms with Crippen molar-refractivity contribution >= 4 is 30.7 Å². The van der Waals surface area contributed by atoms with Crippen molar-refractivity contribution in [3.8, 4) is 0 Å².